The van der Waals surface area contributed by atoms with Gasteiger partial charge in [0.2, 0.25) is 11.9 Å². The number of hydrogen-bond donors (Lipinski definition) is 0. The van der Waals surface area contributed by atoms with Crippen LogP contribution in [0.5, 0.6) is 0 Å². The van der Waals surface area contributed by atoms with Crippen molar-refractivity contribution in [3.05, 3.63) is 5.38 Å². The molecular formula is C20H29N7O2S. The Balaban J connectivity index is 1.44. The molecule has 0 N–H and O–H groups in total. The van der Waals surface area contributed by atoms with Crippen LogP contribution >= 0.6 is 11.3 Å². The number of morpholine rings is 2. The van der Waals surface area contributed by atoms with E-state index in [2.05, 4.69) is 27.0 Å². The second-order valence-corrected chi connectivity index (χ2v) is 8.98. The summed E-state index contributed by atoms with van der Waals surface area (Å²) in [5, 5.41) is 3.15. The van der Waals surface area contributed by atoms with E-state index in [0.717, 1.165) is 56.0 Å². The zero-order valence-corrected chi connectivity index (χ0v) is 18.3. The lowest BCUT2D eigenvalue weighted by Crippen LogP contribution is -2.40. The fourth-order valence-corrected chi connectivity index (χ4v) is 4.85. The van der Waals surface area contributed by atoms with E-state index in [1.807, 2.05) is 0 Å². The molecule has 2 aromatic rings. The number of anilines is 3. The molecule has 0 aliphatic carbocycles. The van der Waals surface area contributed by atoms with E-state index in [4.69, 9.17) is 29.4 Å². The standard InChI is InChI=1S/C20H29N7O2S/c1-15-2-4-27(5-3-15)20-21-16(14-30-20)17-22-18(25-6-10-28-11-7-25)24-19(23-17)26-8-12-29-13-9-26/h14-15H,2-13H2,1H3. The molecule has 162 valence electrons. The Bertz CT molecular complexity index is 807. The topological polar surface area (TPSA) is 79.7 Å². The largest absolute Gasteiger partial charge is 0.378 e. The first-order chi connectivity index (χ1) is 14.8. The van der Waals surface area contributed by atoms with E-state index < -0.39 is 0 Å². The quantitative estimate of drug-likeness (QED) is 0.721. The summed E-state index contributed by atoms with van der Waals surface area (Å²) in [5.41, 5.74) is 0.833. The van der Waals surface area contributed by atoms with Gasteiger partial charge in [-0.25, -0.2) is 4.98 Å². The lowest BCUT2D eigenvalue weighted by Gasteiger charge is -2.30. The fraction of sp³-hybridized carbons (Fsp3) is 0.700. The highest BCUT2D eigenvalue weighted by atomic mass is 32.1. The summed E-state index contributed by atoms with van der Waals surface area (Å²) in [6.45, 7) is 10.4. The van der Waals surface area contributed by atoms with Crippen LogP contribution in [0.25, 0.3) is 11.5 Å². The molecule has 3 saturated heterocycles. The zero-order chi connectivity index (χ0) is 20.3. The van der Waals surface area contributed by atoms with Crippen LogP contribution in [-0.4, -0.2) is 85.6 Å². The van der Waals surface area contributed by atoms with Crippen LogP contribution in [0.15, 0.2) is 5.38 Å². The van der Waals surface area contributed by atoms with Crippen molar-refractivity contribution >= 4 is 28.4 Å². The molecule has 0 radical (unpaired) electrons. The highest BCUT2D eigenvalue weighted by Crippen LogP contribution is 2.30. The number of piperidine rings is 1. The average Bonchev–Trinajstić information content (AvgIpc) is 3.31. The second kappa shape index (κ2) is 8.99. The summed E-state index contributed by atoms with van der Waals surface area (Å²) in [6, 6.07) is 0. The molecule has 0 atom stereocenters. The van der Waals surface area contributed by atoms with Crippen molar-refractivity contribution in [3.8, 4) is 11.5 Å². The molecule has 0 saturated carbocycles. The van der Waals surface area contributed by atoms with Crippen molar-refractivity contribution in [2.75, 3.05) is 80.4 Å². The van der Waals surface area contributed by atoms with E-state index in [1.165, 1.54) is 12.8 Å². The first kappa shape index (κ1) is 19.9. The van der Waals surface area contributed by atoms with Gasteiger partial charge in [0.1, 0.15) is 5.69 Å². The fourth-order valence-electron chi connectivity index (χ4n) is 3.99. The van der Waals surface area contributed by atoms with Gasteiger partial charge in [-0.15, -0.1) is 11.3 Å². The number of nitrogens with zero attached hydrogens (tertiary/aromatic N) is 7. The monoisotopic (exact) mass is 431 g/mol. The smallest absolute Gasteiger partial charge is 0.230 e. The minimum absolute atomic E-state index is 0.654. The third-order valence-corrected chi connectivity index (χ3v) is 6.88. The van der Waals surface area contributed by atoms with Crippen molar-refractivity contribution < 1.29 is 9.47 Å². The van der Waals surface area contributed by atoms with Crippen molar-refractivity contribution in [3.63, 3.8) is 0 Å². The van der Waals surface area contributed by atoms with E-state index in [-0.39, 0.29) is 0 Å². The minimum Gasteiger partial charge on any atom is -0.378 e. The number of aromatic nitrogens is 4. The normalized spacial score (nSPS) is 21.3. The Labute approximate surface area is 181 Å². The molecule has 5 rings (SSSR count). The van der Waals surface area contributed by atoms with Crippen LogP contribution in [0.3, 0.4) is 0 Å². The molecule has 0 bridgehead atoms. The maximum atomic E-state index is 5.50. The van der Waals surface area contributed by atoms with Crippen LogP contribution in [0, 0.1) is 5.92 Å². The van der Waals surface area contributed by atoms with Gasteiger partial charge in [0.15, 0.2) is 11.0 Å². The molecule has 0 spiro atoms. The Morgan fingerprint density at radius 1 is 0.767 bits per heavy atom. The van der Waals surface area contributed by atoms with Crippen molar-refractivity contribution in [1.29, 1.82) is 0 Å². The highest BCUT2D eigenvalue weighted by Gasteiger charge is 2.23. The third-order valence-electron chi connectivity index (χ3n) is 5.97. The summed E-state index contributed by atoms with van der Waals surface area (Å²) >= 11 is 1.68. The number of ether oxygens (including phenoxy) is 2. The molecule has 9 nitrogen and oxygen atoms in total. The predicted octanol–water partition coefficient (Wildman–Crippen LogP) is 1.90. The lowest BCUT2D eigenvalue weighted by molar-refractivity contribution is 0.121. The van der Waals surface area contributed by atoms with Crippen LogP contribution in [0.2, 0.25) is 0 Å². The number of hydrogen-bond acceptors (Lipinski definition) is 10. The average molecular weight is 432 g/mol. The van der Waals surface area contributed by atoms with Gasteiger partial charge in [0, 0.05) is 44.6 Å². The molecule has 2 aromatic heterocycles. The van der Waals surface area contributed by atoms with E-state index in [1.54, 1.807) is 11.3 Å². The second-order valence-electron chi connectivity index (χ2n) is 8.14. The maximum Gasteiger partial charge on any atom is 0.230 e. The van der Waals surface area contributed by atoms with Gasteiger partial charge >= 0.3 is 0 Å². The van der Waals surface area contributed by atoms with Gasteiger partial charge in [-0.2, -0.15) is 15.0 Å². The summed E-state index contributed by atoms with van der Waals surface area (Å²) in [7, 11) is 0. The SMILES string of the molecule is CC1CCN(c2nc(-c3nc(N4CCOCC4)nc(N4CCOCC4)n3)cs2)CC1. The molecule has 0 aromatic carbocycles. The molecule has 0 unspecified atom stereocenters. The van der Waals surface area contributed by atoms with Crippen LogP contribution < -0.4 is 14.7 Å². The van der Waals surface area contributed by atoms with Crippen LogP contribution in [-0.2, 0) is 9.47 Å². The molecular weight excluding hydrogens is 402 g/mol. The summed E-state index contributed by atoms with van der Waals surface area (Å²) in [6.07, 6.45) is 2.45. The molecule has 10 heteroatoms. The summed E-state index contributed by atoms with van der Waals surface area (Å²) < 4.78 is 11.0. The Morgan fingerprint density at radius 2 is 1.33 bits per heavy atom. The summed E-state index contributed by atoms with van der Waals surface area (Å²) in [4.78, 5) is 26.1. The molecule has 30 heavy (non-hydrogen) atoms. The zero-order valence-electron chi connectivity index (χ0n) is 17.5. The number of rotatable bonds is 4. The Hall–Kier alpha value is -2.04. The minimum atomic E-state index is 0.654. The molecule has 3 fully saturated rings. The molecule has 0 amide bonds. The maximum absolute atomic E-state index is 5.50. The Kier molecular flexibility index (Phi) is 5.96. The molecule has 3 aliphatic rings. The lowest BCUT2D eigenvalue weighted by atomic mass is 10.00. The van der Waals surface area contributed by atoms with Gasteiger partial charge in [-0.05, 0) is 18.8 Å². The van der Waals surface area contributed by atoms with E-state index in [0.29, 0.717) is 44.1 Å². The molecule has 5 heterocycles. The van der Waals surface area contributed by atoms with Crippen molar-refractivity contribution in [2.45, 2.75) is 19.8 Å². The third kappa shape index (κ3) is 4.35. The summed E-state index contributed by atoms with van der Waals surface area (Å²) in [5.74, 6) is 2.88. The number of thiazole rings is 1. The highest BCUT2D eigenvalue weighted by molar-refractivity contribution is 7.14. The van der Waals surface area contributed by atoms with E-state index in [9.17, 15) is 0 Å². The van der Waals surface area contributed by atoms with Gasteiger partial charge in [0.05, 0.1) is 26.4 Å². The van der Waals surface area contributed by atoms with Gasteiger partial charge < -0.3 is 24.2 Å². The first-order valence-corrected chi connectivity index (χ1v) is 11.8. The van der Waals surface area contributed by atoms with Gasteiger partial charge in [0.25, 0.3) is 0 Å². The van der Waals surface area contributed by atoms with Crippen molar-refractivity contribution in [2.24, 2.45) is 5.92 Å². The first-order valence-electron chi connectivity index (χ1n) is 10.9. The van der Waals surface area contributed by atoms with Gasteiger partial charge in [-0.3, -0.25) is 0 Å². The van der Waals surface area contributed by atoms with Gasteiger partial charge in [-0.1, -0.05) is 6.92 Å². The van der Waals surface area contributed by atoms with E-state index >= 15 is 0 Å². The predicted molar refractivity (Wildman–Crippen MR) is 118 cm³/mol. The Morgan fingerprint density at radius 3 is 1.90 bits per heavy atom. The molecule has 3 aliphatic heterocycles. The van der Waals surface area contributed by atoms with Crippen LogP contribution in [0.4, 0.5) is 17.0 Å². The van der Waals surface area contributed by atoms with Crippen molar-refractivity contribution in [1.82, 2.24) is 19.9 Å². The van der Waals surface area contributed by atoms with Crippen LogP contribution in [0.1, 0.15) is 19.8 Å².